The van der Waals surface area contributed by atoms with Gasteiger partial charge in [-0.05, 0) is 36.4 Å². The Labute approximate surface area is 91.1 Å². The van der Waals surface area contributed by atoms with Crippen LogP contribution in [-0.4, -0.2) is 4.98 Å². The highest BCUT2D eigenvalue weighted by atomic mass is 79.9. The summed E-state index contributed by atoms with van der Waals surface area (Å²) in [7, 11) is 0. The first-order chi connectivity index (χ1) is 6.84. The van der Waals surface area contributed by atoms with Gasteiger partial charge in [0.05, 0.1) is 11.9 Å². The van der Waals surface area contributed by atoms with E-state index in [1.807, 2.05) is 36.4 Å². The molecule has 0 unspecified atom stereocenters. The Kier molecular flexibility index (Phi) is 2.79. The Balaban J connectivity index is 2.16. The molecule has 0 spiro atoms. The summed E-state index contributed by atoms with van der Waals surface area (Å²) in [5, 5.41) is 3.25. The summed E-state index contributed by atoms with van der Waals surface area (Å²) in [6.07, 6.45) is 3.55. The minimum atomic E-state index is 0.995. The van der Waals surface area contributed by atoms with Crippen molar-refractivity contribution in [1.29, 1.82) is 0 Å². The molecule has 0 aliphatic carbocycles. The molecule has 0 fully saturated rings. The predicted octanol–water partition coefficient (Wildman–Crippen LogP) is 3.59. The molecule has 70 valence electrons. The van der Waals surface area contributed by atoms with Crippen LogP contribution in [0.3, 0.4) is 0 Å². The fourth-order valence-corrected chi connectivity index (χ4v) is 1.40. The summed E-state index contributed by atoms with van der Waals surface area (Å²) in [6, 6.07) is 11.9. The fraction of sp³-hybridized carbons (Fsp3) is 0. The number of aromatic nitrogens is 1. The summed E-state index contributed by atoms with van der Waals surface area (Å²) in [4.78, 5) is 4.03. The average Bonchev–Trinajstić information content (AvgIpc) is 2.23. The molecule has 2 nitrogen and oxygen atoms in total. The molecule has 3 heteroatoms. The first kappa shape index (κ1) is 9.21. The van der Waals surface area contributed by atoms with Crippen LogP contribution in [0, 0.1) is 0 Å². The normalized spacial score (nSPS) is 9.79. The summed E-state index contributed by atoms with van der Waals surface area (Å²) in [6.45, 7) is 0. The maximum atomic E-state index is 4.03. The lowest BCUT2D eigenvalue weighted by molar-refractivity contribution is 1.32. The standard InChI is InChI=1S/C11H9BrN2/c12-9-3-5-10(6-4-9)14-11-2-1-7-13-8-11/h1-8,14H. The van der Waals surface area contributed by atoms with Crippen LogP contribution in [0.2, 0.25) is 0 Å². The minimum absolute atomic E-state index is 0.995. The highest BCUT2D eigenvalue weighted by Crippen LogP contribution is 2.17. The molecule has 0 aliphatic heterocycles. The Morgan fingerprint density at radius 1 is 1.00 bits per heavy atom. The van der Waals surface area contributed by atoms with Gasteiger partial charge in [-0.2, -0.15) is 0 Å². The van der Waals surface area contributed by atoms with Gasteiger partial charge in [-0.3, -0.25) is 4.98 Å². The van der Waals surface area contributed by atoms with Crippen molar-refractivity contribution in [2.45, 2.75) is 0 Å². The van der Waals surface area contributed by atoms with Crippen molar-refractivity contribution < 1.29 is 0 Å². The van der Waals surface area contributed by atoms with Crippen LogP contribution in [0.15, 0.2) is 53.3 Å². The van der Waals surface area contributed by atoms with Crippen molar-refractivity contribution in [3.05, 3.63) is 53.3 Å². The Hall–Kier alpha value is -1.35. The molecule has 2 rings (SSSR count). The number of pyridine rings is 1. The third-order valence-electron chi connectivity index (χ3n) is 1.79. The number of hydrogen-bond acceptors (Lipinski definition) is 2. The monoisotopic (exact) mass is 248 g/mol. The molecule has 1 N–H and O–H groups in total. The smallest absolute Gasteiger partial charge is 0.0570 e. The average molecular weight is 249 g/mol. The maximum Gasteiger partial charge on any atom is 0.0570 e. The highest BCUT2D eigenvalue weighted by molar-refractivity contribution is 9.10. The largest absolute Gasteiger partial charge is 0.354 e. The zero-order chi connectivity index (χ0) is 9.80. The Morgan fingerprint density at radius 3 is 2.43 bits per heavy atom. The SMILES string of the molecule is Brc1ccc(Nc2cccnc2)cc1. The number of nitrogens with zero attached hydrogens (tertiary/aromatic N) is 1. The van der Waals surface area contributed by atoms with Gasteiger partial charge in [0, 0.05) is 16.4 Å². The second kappa shape index (κ2) is 4.24. The molecular formula is C11H9BrN2. The molecule has 1 aromatic heterocycles. The molecule has 0 radical (unpaired) electrons. The van der Waals surface area contributed by atoms with Gasteiger partial charge in [-0.15, -0.1) is 0 Å². The number of nitrogens with one attached hydrogen (secondary N) is 1. The van der Waals surface area contributed by atoms with E-state index in [1.165, 1.54) is 0 Å². The van der Waals surface area contributed by atoms with E-state index < -0.39 is 0 Å². The van der Waals surface area contributed by atoms with Gasteiger partial charge in [-0.1, -0.05) is 15.9 Å². The van der Waals surface area contributed by atoms with Gasteiger partial charge < -0.3 is 5.32 Å². The number of hydrogen-bond donors (Lipinski definition) is 1. The number of halogens is 1. The molecule has 0 saturated heterocycles. The van der Waals surface area contributed by atoms with Crippen molar-refractivity contribution >= 4 is 27.3 Å². The molecule has 2 aromatic rings. The van der Waals surface area contributed by atoms with Gasteiger partial charge >= 0.3 is 0 Å². The first-order valence-corrected chi connectivity index (χ1v) is 5.06. The molecule has 0 aliphatic rings. The molecule has 0 amide bonds. The van der Waals surface area contributed by atoms with E-state index in [9.17, 15) is 0 Å². The number of rotatable bonds is 2. The van der Waals surface area contributed by atoms with E-state index in [-0.39, 0.29) is 0 Å². The quantitative estimate of drug-likeness (QED) is 0.879. The summed E-state index contributed by atoms with van der Waals surface area (Å²) in [5.74, 6) is 0. The van der Waals surface area contributed by atoms with Crippen LogP contribution in [0.1, 0.15) is 0 Å². The molecular weight excluding hydrogens is 240 g/mol. The molecule has 14 heavy (non-hydrogen) atoms. The van der Waals surface area contributed by atoms with Crippen molar-refractivity contribution in [2.24, 2.45) is 0 Å². The third-order valence-corrected chi connectivity index (χ3v) is 2.32. The van der Waals surface area contributed by atoms with Crippen molar-refractivity contribution in [2.75, 3.05) is 5.32 Å². The van der Waals surface area contributed by atoms with E-state index >= 15 is 0 Å². The minimum Gasteiger partial charge on any atom is -0.354 e. The second-order valence-corrected chi connectivity index (χ2v) is 3.79. The number of benzene rings is 1. The van der Waals surface area contributed by atoms with E-state index in [2.05, 4.69) is 26.2 Å². The third kappa shape index (κ3) is 2.33. The van der Waals surface area contributed by atoms with Crippen LogP contribution < -0.4 is 5.32 Å². The van der Waals surface area contributed by atoms with Crippen LogP contribution in [0.4, 0.5) is 11.4 Å². The summed E-state index contributed by atoms with van der Waals surface area (Å²) >= 11 is 3.39. The molecule has 1 heterocycles. The maximum absolute atomic E-state index is 4.03. The van der Waals surface area contributed by atoms with E-state index in [0.29, 0.717) is 0 Å². The van der Waals surface area contributed by atoms with Crippen LogP contribution in [0.5, 0.6) is 0 Å². The van der Waals surface area contributed by atoms with Crippen molar-refractivity contribution in [3.63, 3.8) is 0 Å². The summed E-state index contributed by atoms with van der Waals surface area (Å²) < 4.78 is 1.08. The van der Waals surface area contributed by atoms with E-state index in [1.54, 1.807) is 12.4 Å². The Morgan fingerprint density at radius 2 is 1.79 bits per heavy atom. The molecule has 1 aromatic carbocycles. The zero-order valence-electron chi connectivity index (χ0n) is 7.44. The van der Waals surface area contributed by atoms with Crippen molar-refractivity contribution in [3.8, 4) is 0 Å². The van der Waals surface area contributed by atoms with E-state index in [0.717, 1.165) is 15.8 Å². The first-order valence-electron chi connectivity index (χ1n) is 4.27. The Bertz CT molecular complexity index is 397. The summed E-state index contributed by atoms with van der Waals surface area (Å²) in [5.41, 5.74) is 2.05. The highest BCUT2D eigenvalue weighted by Gasteiger charge is 1.93. The topological polar surface area (TPSA) is 24.9 Å². The van der Waals surface area contributed by atoms with Gasteiger partial charge in [0.1, 0.15) is 0 Å². The van der Waals surface area contributed by atoms with Gasteiger partial charge in [-0.25, -0.2) is 0 Å². The number of anilines is 2. The van der Waals surface area contributed by atoms with Crippen LogP contribution >= 0.6 is 15.9 Å². The molecule has 0 saturated carbocycles. The lowest BCUT2D eigenvalue weighted by Crippen LogP contribution is -1.89. The molecule has 0 atom stereocenters. The van der Waals surface area contributed by atoms with Crippen LogP contribution in [0.25, 0.3) is 0 Å². The van der Waals surface area contributed by atoms with Crippen LogP contribution in [-0.2, 0) is 0 Å². The lowest BCUT2D eigenvalue weighted by Gasteiger charge is -2.04. The van der Waals surface area contributed by atoms with E-state index in [4.69, 9.17) is 0 Å². The molecule has 0 bridgehead atoms. The van der Waals surface area contributed by atoms with Gasteiger partial charge in [0.15, 0.2) is 0 Å². The second-order valence-electron chi connectivity index (χ2n) is 2.87. The van der Waals surface area contributed by atoms with Gasteiger partial charge in [0.2, 0.25) is 0 Å². The predicted molar refractivity (Wildman–Crippen MR) is 61.7 cm³/mol. The lowest BCUT2D eigenvalue weighted by atomic mass is 10.3. The van der Waals surface area contributed by atoms with Crippen molar-refractivity contribution in [1.82, 2.24) is 4.98 Å². The van der Waals surface area contributed by atoms with Gasteiger partial charge in [0.25, 0.3) is 0 Å². The fourth-order valence-electron chi connectivity index (χ4n) is 1.14. The zero-order valence-corrected chi connectivity index (χ0v) is 9.03.